The lowest BCUT2D eigenvalue weighted by Crippen LogP contribution is -3.00. The maximum Gasteiger partial charge on any atom is 0.141 e. The maximum absolute atomic E-state index is 3.26. The normalized spacial score (nSPS) is 9.78. The van der Waals surface area contributed by atoms with Gasteiger partial charge in [-0.2, -0.15) is 0 Å². The number of rotatable bonds is 3. The van der Waals surface area contributed by atoms with Crippen LogP contribution in [0.1, 0.15) is 19.4 Å². The molecule has 0 aliphatic heterocycles. The fourth-order valence-electron chi connectivity index (χ4n) is 1.37. The second-order valence-electron chi connectivity index (χ2n) is 5.23. The van der Waals surface area contributed by atoms with Crippen molar-refractivity contribution in [3.05, 3.63) is 47.5 Å². The summed E-state index contributed by atoms with van der Waals surface area (Å²) < 4.78 is 0.908. The Morgan fingerprint density at radius 1 is 1.17 bits per heavy atom. The van der Waals surface area contributed by atoms with E-state index >= 15 is 0 Å². The summed E-state index contributed by atoms with van der Waals surface area (Å²) in [5, 5.41) is 0. The molecule has 0 atom stereocenters. The molecule has 2 heteroatoms. The molecule has 0 saturated heterocycles. The maximum atomic E-state index is 3.26. The Labute approximate surface area is 122 Å². The highest BCUT2D eigenvalue weighted by Gasteiger charge is 2.10. The van der Waals surface area contributed by atoms with E-state index in [1.54, 1.807) is 0 Å². The number of allylic oxidation sites excluding steroid dienone is 1. The molecule has 18 heavy (non-hydrogen) atoms. The van der Waals surface area contributed by atoms with E-state index < -0.39 is 0 Å². The Bertz CT molecular complexity index is 431. The molecule has 0 amide bonds. The van der Waals surface area contributed by atoms with Gasteiger partial charge in [0.25, 0.3) is 0 Å². The average molecular weight is 308 g/mol. The van der Waals surface area contributed by atoms with Gasteiger partial charge in [-0.3, -0.25) is 0 Å². The molecule has 1 aromatic carbocycles. The number of quaternary nitrogens is 1. The van der Waals surface area contributed by atoms with E-state index in [0.717, 1.165) is 23.1 Å². The van der Waals surface area contributed by atoms with Crippen LogP contribution in [-0.4, -0.2) is 31.7 Å². The number of nitrogens with zero attached hydrogens (tertiary/aromatic N) is 1. The number of benzene rings is 1. The lowest BCUT2D eigenvalue weighted by Gasteiger charge is -2.25. The zero-order chi connectivity index (χ0) is 12.7. The zero-order valence-corrected chi connectivity index (χ0v) is 13.3. The predicted octanol–water partition coefficient (Wildman–Crippen LogP) is 0.0847. The largest absolute Gasteiger partial charge is 1.00 e. The molecule has 0 saturated carbocycles. The van der Waals surface area contributed by atoms with E-state index in [1.807, 2.05) is 30.3 Å². The Hall–Kier alpha value is -1.04. The zero-order valence-electron chi connectivity index (χ0n) is 11.7. The highest BCUT2D eigenvalue weighted by Crippen LogP contribution is 2.00. The minimum Gasteiger partial charge on any atom is -1.00 e. The Morgan fingerprint density at radius 3 is 2.33 bits per heavy atom. The number of hydrogen-bond donors (Lipinski definition) is 0. The molecule has 0 N–H and O–H groups in total. The summed E-state index contributed by atoms with van der Waals surface area (Å²) in [5.41, 5.74) is 2.46. The summed E-state index contributed by atoms with van der Waals surface area (Å²) in [5.74, 6) is 6.46. The van der Waals surface area contributed by atoms with Crippen molar-refractivity contribution in [1.29, 1.82) is 0 Å². The van der Waals surface area contributed by atoms with Gasteiger partial charge in [0.15, 0.2) is 0 Å². The first-order valence-electron chi connectivity index (χ1n) is 5.99. The van der Waals surface area contributed by atoms with Crippen LogP contribution < -0.4 is 17.0 Å². The standard InChI is InChI=1S/C16H22N.BrH/c1-15(2)12-14-17(3,4)13-8-11-16-9-6-5-7-10-16;/h5-7,9-10,12H,13-14H2,1-4H3;1H/q+1;/p-1. The second kappa shape index (κ2) is 8.13. The van der Waals surface area contributed by atoms with E-state index in [9.17, 15) is 0 Å². The molecule has 0 aromatic heterocycles. The molecule has 0 spiro atoms. The van der Waals surface area contributed by atoms with Crippen molar-refractivity contribution in [2.45, 2.75) is 13.8 Å². The van der Waals surface area contributed by atoms with Crippen LogP contribution in [0.5, 0.6) is 0 Å². The number of hydrogen-bond acceptors (Lipinski definition) is 0. The van der Waals surface area contributed by atoms with Crippen molar-refractivity contribution < 1.29 is 21.5 Å². The average Bonchev–Trinajstić information content (AvgIpc) is 2.28. The lowest BCUT2D eigenvalue weighted by molar-refractivity contribution is -0.877. The monoisotopic (exact) mass is 307 g/mol. The van der Waals surface area contributed by atoms with Crippen LogP contribution in [0.15, 0.2) is 42.0 Å². The summed E-state index contributed by atoms with van der Waals surface area (Å²) in [7, 11) is 4.41. The van der Waals surface area contributed by atoms with Gasteiger partial charge in [-0.25, -0.2) is 0 Å². The first kappa shape index (κ1) is 17.0. The van der Waals surface area contributed by atoms with Gasteiger partial charge in [-0.15, -0.1) is 0 Å². The fourth-order valence-corrected chi connectivity index (χ4v) is 1.37. The Balaban J connectivity index is 0.00000289. The second-order valence-corrected chi connectivity index (χ2v) is 5.23. The number of halogens is 1. The summed E-state index contributed by atoms with van der Waals surface area (Å²) in [6, 6.07) is 10.1. The molecule has 1 aromatic rings. The van der Waals surface area contributed by atoms with Gasteiger partial charge in [0, 0.05) is 5.56 Å². The summed E-state index contributed by atoms with van der Waals surface area (Å²) in [6.07, 6.45) is 2.27. The van der Waals surface area contributed by atoms with Gasteiger partial charge in [0.1, 0.15) is 6.54 Å². The van der Waals surface area contributed by atoms with Crippen LogP contribution >= 0.6 is 0 Å². The van der Waals surface area contributed by atoms with Crippen LogP contribution in [0.3, 0.4) is 0 Å². The van der Waals surface area contributed by atoms with Crippen molar-refractivity contribution in [3.63, 3.8) is 0 Å². The van der Waals surface area contributed by atoms with E-state index in [4.69, 9.17) is 0 Å². The molecule has 0 fully saturated rings. The van der Waals surface area contributed by atoms with Gasteiger partial charge in [0.2, 0.25) is 0 Å². The third kappa shape index (κ3) is 7.32. The Morgan fingerprint density at radius 2 is 1.78 bits per heavy atom. The molecule has 0 unspecified atom stereocenters. The van der Waals surface area contributed by atoms with Crippen LogP contribution in [0.25, 0.3) is 0 Å². The summed E-state index contributed by atoms with van der Waals surface area (Å²) in [4.78, 5) is 0. The van der Waals surface area contributed by atoms with E-state index in [2.05, 4.69) is 45.9 Å². The molecule has 0 radical (unpaired) electrons. The van der Waals surface area contributed by atoms with Crippen LogP contribution in [0.2, 0.25) is 0 Å². The van der Waals surface area contributed by atoms with Gasteiger partial charge in [-0.1, -0.05) is 29.7 Å². The molecule has 0 heterocycles. The van der Waals surface area contributed by atoms with Crippen LogP contribution in [-0.2, 0) is 0 Å². The minimum absolute atomic E-state index is 0. The third-order valence-corrected chi connectivity index (χ3v) is 2.51. The predicted molar refractivity (Wildman–Crippen MR) is 74.6 cm³/mol. The summed E-state index contributed by atoms with van der Waals surface area (Å²) >= 11 is 0. The quantitative estimate of drug-likeness (QED) is 0.422. The smallest absolute Gasteiger partial charge is 0.141 e. The summed E-state index contributed by atoms with van der Waals surface area (Å²) in [6.45, 7) is 6.18. The molecular formula is C16H22BrN. The fraction of sp³-hybridized carbons (Fsp3) is 0.375. The Kier molecular flexibility index (Phi) is 7.66. The van der Waals surface area contributed by atoms with E-state index in [-0.39, 0.29) is 17.0 Å². The van der Waals surface area contributed by atoms with Gasteiger partial charge >= 0.3 is 0 Å². The van der Waals surface area contributed by atoms with Gasteiger partial charge in [0.05, 0.1) is 20.6 Å². The van der Waals surface area contributed by atoms with Crippen LogP contribution in [0.4, 0.5) is 0 Å². The number of likely N-dealkylation sites (N-methyl/N-ethyl adjacent to an activating group) is 1. The van der Waals surface area contributed by atoms with Crippen molar-refractivity contribution in [1.82, 2.24) is 0 Å². The first-order chi connectivity index (χ1) is 7.99. The molecule has 1 nitrogen and oxygen atoms in total. The van der Waals surface area contributed by atoms with Crippen molar-refractivity contribution in [2.75, 3.05) is 27.2 Å². The molecule has 1 rings (SSSR count). The van der Waals surface area contributed by atoms with E-state index in [1.165, 1.54) is 5.57 Å². The SMILES string of the molecule is CC(C)=CC[N+](C)(C)CC#Cc1ccccc1.[Br-]. The molecule has 0 aliphatic carbocycles. The van der Waals surface area contributed by atoms with Crippen molar-refractivity contribution in [2.24, 2.45) is 0 Å². The molecule has 0 aliphatic rings. The van der Waals surface area contributed by atoms with Crippen molar-refractivity contribution in [3.8, 4) is 11.8 Å². The highest BCUT2D eigenvalue weighted by atomic mass is 79.9. The van der Waals surface area contributed by atoms with Gasteiger partial charge < -0.3 is 21.5 Å². The molecule has 98 valence electrons. The molecule has 0 bridgehead atoms. The lowest BCUT2D eigenvalue weighted by atomic mass is 10.2. The topological polar surface area (TPSA) is 0 Å². The minimum atomic E-state index is 0. The van der Waals surface area contributed by atoms with Gasteiger partial charge in [-0.05, 0) is 38.0 Å². The van der Waals surface area contributed by atoms with Crippen LogP contribution in [0, 0.1) is 11.8 Å². The van der Waals surface area contributed by atoms with Crippen molar-refractivity contribution >= 4 is 0 Å². The first-order valence-corrected chi connectivity index (χ1v) is 5.99. The third-order valence-electron chi connectivity index (χ3n) is 2.51. The van der Waals surface area contributed by atoms with E-state index in [0.29, 0.717) is 0 Å². The highest BCUT2D eigenvalue weighted by molar-refractivity contribution is 5.33. The molecular weight excluding hydrogens is 286 g/mol.